The van der Waals surface area contributed by atoms with E-state index in [9.17, 15) is 18.4 Å². The second-order valence-corrected chi connectivity index (χ2v) is 5.58. The summed E-state index contributed by atoms with van der Waals surface area (Å²) < 4.78 is 30.8. The molecule has 3 aromatic rings. The summed E-state index contributed by atoms with van der Waals surface area (Å²) in [6, 6.07) is 12.5. The molecular formula is C19H14F2N4O3. The average molecular weight is 384 g/mol. The lowest BCUT2D eigenvalue weighted by atomic mass is 10.2. The van der Waals surface area contributed by atoms with E-state index in [-0.39, 0.29) is 11.4 Å². The van der Waals surface area contributed by atoms with Crippen LogP contribution in [-0.4, -0.2) is 29.2 Å². The largest absolute Gasteiger partial charge is 0.465 e. The summed E-state index contributed by atoms with van der Waals surface area (Å²) in [6.45, 7) is 0. The number of nitrogens with one attached hydrogen (secondary N) is 2. The SMILES string of the molecule is COC(=O)c1cccc(Nc2ccc(C(=O)Nc3ccc(F)c(F)c3)nn2)c1. The first-order chi connectivity index (χ1) is 13.5. The number of halogens is 2. The number of hydrogen-bond donors (Lipinski definition) is 2. The van der Waals surface area contributed by atoms with Crippen LogP contribution in [0.25, 0.3) is 0 Å². The van der Waals surface area contributed by atoms with Crippen molar-refractivity contribution in [2.24, 2.45) is 0 Å². The van der Waals surface area contributed by atoms with Crippen molar-refractivity contribution >= 4 is 29.1 Å². The first-order valence-electron chi connectivity index (χ1n) is 8.02. The lowest BCUT2D eigenvalue weighted by Gasteiger charge is -2.08. The zero-order valence-corrected chi connectivity index (χ0v) is 14.6. The number of methoxy groups -OCH3 is 1. The highest BCUT2D eigenvalue weighted by Gasteiger charge is 2.11. The van der Waals surface area contributed by atoms with Crippen LogP contribution in [0.15, 0.2) is 54.6 Å². The minimum atomic E-state index is -1.07. The van der Waals surface area contributed by atoms with Gasteiger partial charge in [-0.3, -0.25) is 4.79 Å². The summed E-state index contributed by atoms with van der Waals surface area (Å²) in [6.07, 6.45) is 0. The monoisotopic (exact) mass is 384 g/mol. The first-order valence-corrected chi connectivity index (χ1v) is 8.02. The van der Waals surface area contributed by atoms with Crippen LogP contribution >= 0.6 is 0 Å². The molecule has 0 unspecified atom stereocenters. The molecule has 9 heteroatoms. The fourth-order valence-electron chi connectivity index (χ4n) is 2.28. The zero-order valence-electron chi connectivity index (χ0n) is 14.6. The van der Waals surface area contributed by atoms with E-state index in [1.165, 1.54) is 25.3 Å². The Balaban J connectivity index is 1.68. The molecule has 2 N–H and O–H groups in total. The molecule has 28 heavy (non-hydrogen) atoms. The lowest BCUT2D eigenvalue weighted by Crippen LogP contribution is -2.14. The normalized spacial score (nSPS) is 10.2. The van der Waals surface area contributed by atoms with Crippen molar-refractivity contribution in [3.05, 3.63) is 77.5 Å². The number of aromatic nitrogens is 2. The number of amides is 1. The molecule has 7 nitrogen and oxygen atoms in total. The van der Waals surface area contributed by atoms with Gasteiger partial charge in [-0.15, -0.1) is 10.2 Å². The number of nitrogens with zero attached hydrogens (tertiary/aromatic N) is 2. The van der Waals surface area contributed by atoms with Crippen molar-refractivity contribution in [2.45, 2.75) is 0 Å². The van der Waals surface area contributed by atoms with Crippen LogP contribution in [-0.2, 0) is 4.74 Å². The van der Waals surface area contributed by atoms with Crippen molar-refractivity contribution in [1.82, 2.24) is 10.2 Å². The van der Waals surface area contributed by atoms with Gasteiger partial charge in [0.2, 0.25) is 0 Å². The lowest BCUT2D eigenvalue weighted by molar-refractivity contribution is 0.0600. The number of ether oxygens (including phenoxy) is 1. The summed E-state index contributed by atoms with van der Waals surface area (Å²) in [5.74, 6) is -2.84. The van der Waals surface area contributed by atoms with E-state index in [0.717, 1.165) is 12.1 Å². The smallest absolute Gasteiger partial charge is 0.337 e. The number of carbonyl (C=O) groups is 2. The highest BCUT2D eigenvalue weighted by molar-refractivity contribution is 6.02. The first kappa shape index (κ1) is 18.9. The molecule has 142 valence electrons. The molecule has 0 saturated carbocycles. The minimum Gasteiger partial charge on any atom is -0.465 e. The summed E-state index contributed by atoms with van der Waals surface area (Å²) in [7, 11) is 1.29. The molecule has 0 aliphatic carbocycles. The molecule has 1 heterocycles. The van der Waals surface area contributed by atoms with Crippen molar-refractivity contribution in [3.63, 3.8) is 0 Å². The molecule has 0 aliphatic rings. The number of anilines is 3. The summed E-state index contributed by atoms with van der Waals surface area (Å²) >= 11 is 0. The molecule has 0 atom stereocenters. The molecule has 1 aromatic heterocycles. The third-order valence-corrected chi connectivity index (χ3v) is 3.63. The van der Waals surface area contributed by atoms with Gasteiger partial charge in [0.1, 0.15) is 0 Å². The van der Waals surface area contributed by atoms with E-state index < -0.39 is 23.5 Å². The predicted molar refractivity (Wildman–Crippen MR) is 97.4 cm³/mol. The fourth-order valence-corrected chi connectivity index (χ4v) is 2.28. The van der Waals surface area contributed by atoms with E-state index in [2.05, 4.69) is 25.6 Å². The Labute approximate surface area is 158 Å². The van der Waals surface area contributed by atoms with Crippen molar-refractivity contribution in [1.29, 1.82) is 0 Å². The van der Waals surface area contributed by atoms with Crippen LogP contribution in [0, 0.1) is 11.6 Å². The molecule has 3 rings (SSSR count). The second-order valence-electron chi connectivity index (χ2n) is 5.58. The molecule has 0 bridgehead atoms. The maximum Gasteiger partial charge on any atom is 0.337 e. The standard InChI is InChI=1S/C19H14F2N4O3/c1-28-19(27)11-3-2-4-12(9-11)22-17-8-7-16(24-25-17)18(26)23-13-5-6-14(20)15(21)10-13/h2-10H,1H3,(H,22,25)(H,23,26). The Morgan fingerprint density at radius 1 is 0.929 bits per heavy atom. The summed E-state index contributed by atoms with van der Waals surface area (Å²) in [5, 5.41) is 13.0. The van der Waals surface area contributed by atoms with Crippen molar-refractivity contribution in [3.8, 4) is 0 Å². The predicted octanol–water partition coefficient (Wildman–Crippen LogP) is 3.54. The van der Waals surface area contributed by atoms with Crippen LogP contribution in [0.1, 0.15) is 20.8 Å². The Bertz CT molecular complexity index is 1030. The molecule has 1 amide bonds. The van der Waals surface area contributed by atoms with E-state index in [1.54, 1.807) is 24.3 Å². The van der Waals surface area contributed by atoms with Gasteiger partial charge in [-0.1, -0.05) is 6.07 Å². The van der Waals surface area contributed by atoms with Crippen molar-refractivity contribution < 1.29 is 23.1 Å². The molecule has 0 aliphatic heterocycles. The molecule has 0 fully saturated rings. The molecule has 0 spiro atoms. The number of hydrogen-bond acceptors (Lipinski definition) is 6. The van der Waals surface area contributed by atoms with Gasteiger partial charge in [0, 0.05) is 17.4 Å². The van der Waals surface area contributed by atoms with Gasteiger partial charge in [0.05, 0.1) is 12.7 Å². The Morgan fingerprint density at radius 3 is 2.43 bits per heavy atom. The number of benzene rings is 2. The zero-order chi connectivity index (χ0) is 20.1. The van der Waals surface area contributed by atoms with Crippen LogP contribution in [0.2, 0.25) is 0 Å². The van der Waals surface area contributed by atoms with Gasteiger partial charge >= 0.3 is 5.97 Å². The Kier molecular flexibility index (Phi) is 5.54. The Hall–Kier alpha value is -3.88. The summed E-state index contributed by atoms with van der Waals surface area (Å²) in [4.78, 5) is 23.7. The van der Waals surface area contributed by atoms with Gasteiger partial charge in [-0.2, -0.15) is 0 Å². The maximum absolute atomic E-state index is 13.2. The van der Waals surface area contributed by atoms with E-state index in [0.29, 0.717) is 17.1 Å². The third kappa shape index (κ3) is 4.44. The topological polar surface area (TPSA) is 93.2 Å². The van der Waals surface area contributed by atoms with Gasteiger partial charge in [0.25, 0.3) is 5.91 Å². The molecule has 0 radical (unpaired) electrons. The molecular weight excluding hydrogens is 370 g/mol. The summed E-state index contributed by atoms with van der Waals surface area (Å²) in [5.41, 5.74) is 1.02. The average Bonchev–Trinajstić information content (AvgIpc) is 2.71. The maximum atomic E-state index is 13.2. The van der Waals surface area contributed by atoms with Crippen LogP contribution in [0.4, 0.5) is 26.0 Å². The van der Waals surface area contributed by atoms with E-state index >= 15 is 0 Å². The number of carbonyl (C=O) groups excluding carboxylic acids is 2. The molecule has 0 saturated heterocycles. The highest BCUT2D eigenvalue weighted by atomic mass is 19.2. The quantitative estimate of drug-likeness (QED) is 0.654. The van der Waals surface area contributed by atoms with Crippen LogP contribution in [0.5, 0.6) is 0 Å². The molecule has 2 aromatic carbocycles. The van der Waals surface area contributed by atoms with E-state index in [4.69, 9.17) is 0 Å². The van der Waals surface area contributed by atoms with Gasteiger partial charge in [-0.05, 0) is 42.5 Å². The van der Waals surface area contributed by atoms with Gasteiger partial charge < -0.3 is 15.4 Å². The third-order valence-electron chi connectivity index (χ3n) is 3.63. The number of esters is 1. The van der Waals surface area contributed by atoms with Crippen LogP contribution < -0.4 is 10.6 Å². The fraction of sp³-hybridized carbons (Fsp3) is 0.0526. The van der Waals surface area contributed by atoms with Gasteiger partial charge in [-0.25, -0.2) is 13.6 Å². The Morgan fingerprint density at radius 2 is 1.75 bits per heavy atom. The second kappa shape index (κ2) is 8.21. The number of rotatable bonds is 5. The van der Waals surface area contributed by atoms with Crippen LogP contribution in [0.3, 0.4) is 0 Å². The van der Waals surface area contributed by atoms with Crippen molar-refractivity contribution in [2.75, 3.05) is 17.7 Å². The minimum absolute atomic E-state index is 0.0152. The van der Waals surface area contributed by atoms with Gasteiger partial charge in [0.15, 0.2) is 23.1 Å². The van der Waals surface area contributed by atoms with E-state index in [1.807, 2.05) is 0 Å². The highest BCUT2D eigenvalue weighted by Crippen LogP contribution is 2.17.